The molecule has 0 unspecified atom stereocenters. The lowest BCUT2D eigenvalue weighted by Crippen LogP contribution is -2.39. The van der Waals surface area contributed by atoms with E-state index in [1.165, 1.54) is 0 Å². The van der Waals surface area contributed by atoms with E-state index in [1.807, 2.05) is 34.0 Å². The molecule has 0 saturated carbocycles. The number of thiophene rings is 1. The van der Waals surface area contributed by atoms with Crippen molar-refractivity contribution in [3.05, 3.63) is 34.5 Å². The molecule has 1 amide bonds. The van der Waals surface area contributed by atoms with Crippen molar-refractivity contribution >= 4 is 17.2 Å². The summed E-state index contributed by atoms with van der Waals surface area (Å²) in [5.74, 6) is 1.70. The maximum Gasteiger partial charge on any atom is 0.227 e. The Hall–Kier alpha value is -1.69. The summed E-state index contributed by atoms with van der Waals surface area (Å²) in [6.45, 7) is 1.64. The summed E-state index contributed by atoms with van der Waals surface area (Å²) in [6, 6.07) is 4.02. The highest BCUT2D eigenvalue weighted by molar-refractivity contribution is 7.10. The third-order valence-electron chi connectivity index (χ3n) is 3.86. The average Bonchev–Trinajstić information content (AvgIpc) is 3.10. The van der Waals surface area contributed by atoms with Gasteiger partial charge >= 0.3 is 0 Å². The number of rotatable bonds is 3. The summed E-state index contributed by atoms with van der Waals surface area (Å²) < 4.78 is 1.98. The minimum absolute atomic E-state index is 0.240. The van der Waals surface area contributed by atoms with Crippen LogP contribution in [-0.4, -0.2) is 38.7 Å². The fourth-order valence-corrected chi connectivity index (χ4v) is 3.42. The number of carbonyl (C=O) groups is 1. The van der Waals surface area contributed by atoms with E-state index in [2.05, 4.69) is 10.2 Å². The van der Waals surface area contributed by atoms with Gasteiger partial charge in [-0.25, -0.2) is 0 Å². The summed E-state index contributed by atoms with van der Waals surface area (Å²) >= 11 is 1.65. The van der Waals surface area contributed by atoms with Crippen molar-refractivity contribution in [1.82, 2.24) is 19.7 Å². The highest BCUT2D eigenvalue weighted by atomic mass is 32.1. The summed E-state index contributed by atoms with van der Waals surface area (Å²) in [7, 11) is 1.98. The molecule has 0 radical (unpaired) electrons. The quantitative estimate of drug-likeness (QED) is 0.866. The number of hydrogen-bond donors (Lipinski definition) is 0. The van der Waals surface area contributed by atoms with Crippen LogP contribution >= 0.6 is 11.3 Å². The highest BCUT2D eigenvalue weighted by Gasteiger charge is 2.26. The number of aryl methyl sites for hydroxylation is 1. The van der Waals surface area contributed by atoms with Gasteiger partial charge in [0, 0.05) is 30.9 Å². The van der Waals surface area contributed by atoms with Gasteiger partial charge in [-0.05, 0) is 24.3 Å². The Morgan fingerprint density at radius 1 is 1.45 bits per heavy atom. The molecule has 106 valence electrons. The SMILES string of the molecule is Cn1cnnc1C1CCN(C(=O)Cc2cccs2)CC1. The van der Waals surface area contributed by atoms with Crippen molar-refractivity contribution in [3.8, 4) is 0 Å². The van der Waals surface area contributed by atoms with Crippen molar-refractivity contribution in [2.24, 2.45) is 7.05 Å². The molecule has 1 fully saturated rings. The number of likely N-dealkylation sites (tertiary alicyclic amines) is 1. The van der Waals surface area contributed by atoms with E-state index in [4.69, 9.17) is 0 Å². The van der Waals surface area contributed by atoms with Crippen LogP contribution in [-0.2, 0) is 18.3 Å². The Bertz CT molecular complexity index is 570. The average molecular weight is 290 g/mol. The van der Waals surface area contributed by atoms with Crippen LogP contribution in [0.2, 0.25) is 0 Å². The third-order valence-corrected chi connectivity index (χ3v) is 4.74. The Balaban J connectivity index is 1.56. The molecule has 0 atom stereocenters. The van der Waals surface area contributed by atoms with E-state index < -0.39 is 0 Å². The van der Waals surface area contributed by atoms with Gasteiger partial charge in [0.2, 0.25) is 5.91 Å². The highest BCUT2D eigenvalue weighted by Crippen LogP contribution is 2.26. The minimum atomic E-state index is 0.240. The Morgan fingerprint density at radius 3 is 2.85 bits per heavy atom. The largest absolute Gasteiger partial charge is 0.342 e. The van der Waals surface area contributed by atoms with Gasteiger partial charge in [0.1, 0.15) is 12.2 Å². The van der Waals surface area contributed by atoms with Gasteiger partial charge in [-0.15, -0.1) is 21.5 Å². The van der Waals surface area contributed by atoms with E-state index >= 15 is 0 Å². The standard InChI is InChI=1S/C14H18N4OS/c1-17-10-15-16-14(17)11-4-6-18(7-5-11)13(19)9-12-3-2-8-20-12/h2-3,8,10-11H,4-7,9H2,1H3. The zero-order valence-corrected chi connectivity index (χ0v) is 12.3. The van der Waals surface area contributed by atoms with Gasteiger partial charge in [-0.1, -0.05) is 6.07 Å². The summed E-state index contributed by atoms with van der Waals surface area (Å²) in [6.07, 6.45) is 4.22. The molecular formula is C14H18N4OS. The summed E-state index contributed by atoms with van der Waals surface area (Å²) in [4.78, 5) is 15.3. The number of carbonyl (C=O) groups excluding carboxylic acids is 1. The first-order valence-electron chi connectivity index (χ1n) is 6.88. The number of aromatic nitrogens is 3. The minimum Gasteiger partial charge on any atom is -0.342 e. The predicted octanol–water partition coefficient (Wildman–Crippen LogP) is 1.83. The van der Waals surface area contributed by atoms with Crippen molar-refractivity contribution < 1.29 is 4.79 Å². The number of amides is 1. The van der Waals surface area contributed by atoms with Crippen LogP contribution in [0, 0.1) is 0 Å². The lowest BCUT2D eigenvalue weighted by atomic mass is 9.95. The maximum absolute atomic E-state index is 12.2. The second-order valence-electron chi connectivity index (χ2n) is 5.21. The summed E-state index contributed by atoms with van der Waals surface area (Å²) in [5.41, 5.74) is 0. The maximum atomic E-state index is 12.2. The molecule has 5 nitrogen and oxygen atoms in total. The molecule has 6 heteroatoms. The van der Waals surface area contributed by atoms with E-state index in [9.17, 15) is 4.79 Å². The number of hydrogen-bond acceptors (Lipinski definition) is 4. The molecule has 0 spiro atoms. The van der Waals surface area contributed by atoms with Crippen LogP contribution in [0.25, 0.3) is 0 Å². The first-order valence-corrected chi connectivity index (χ1v) is 7.76. The van der Waals surface area contributed by atoms with Crippen molar-refractivity contribution in [2.75, 3.05) is 13.1 Å². The molecule has 0 bridgehead atoms. The molecular weight excluding hydrogens is 272 g/mol. The number of piperidine rings is 1. The Labute approximate surface area is 122 Å². The zero-order valence-electron chi connectivity index (χ0n) is 11.5. The predicted molar refractivity (Wildman–Crippen MR) is 77.6 cm³/mol. The van der Waals surface area contributed by atoms with Gasteiger partial charge < -0.3 is 9.47 Å². The molecule has 20 heavy (non-hydrogen) atoms. The second-order valence-corrected chi connectivity index (χ2v) is 6.24. The molecule has 2 aromatic rings. The first kappa shape index (κ1) is 13.3. The molecule has 2 aromatic heterocycles. The van der Waals surface area contributed by atoms with E-state index in [1.54, 1.807) is 17.7 Å². The molecule has 1 aliphatic rings. The first-order chi connectivity index (χ1) is 9.74. The van der Waals surface area contributed by atoms with Crippen LogP contribution in [0.5, 0.6) is 0 Å². The van der Waals surface area contributed by atoms with Crippen LogP contribution in [0.15, 0.2) is 23.8 Å². The molecule has 1 aliphatic heterocycles. The topological polar surface area (TPSA) is 51.0 Å². The molecule has 0 aliphatic carbocycles. The zero-order chi connectivity index (χ0) is 13.9. The van der Waals surface area contributed by atoms with Crippen LogP contribution in [0.4, 0.5) is 0 Å². The molecule has 3 rings (SSSR count). The van der Waals surface area contributed by atoms with Crippen LogP contribution in [0.1, 0.15) is 29.5 Å². The van der Waals surface area contributed by atoms with Crippen molar-refractivity contribution in [2.45, 2.75) is 25.2 Å². The molecule has 3 heterocycles. The van der Waals surface area contributed by atoms with E-state index in [0.717, 1.165) is 36.6 Å². The van der Waals surface area contributed by atoms with Crippen molar-refractivity contribution in [3.63, 3.8) is 0 Å². The fourth-order valence-electron chi connectivity index (χ4n) is 2.72. The van der Waals surface area contributed by atoms with Crippen molar-refractivity contribution in [1.29, 1.82) is 0 Å². The van der Waals surface area contributed by atoms with Gasteiger partial charge in [0.15, 0.2) is 0 Å². The normalized spacial score (nSPS) is 16.6. The fraction of sp³-hybridized carbons (Fsp3) is 0.500. The van der Waals surface area contributed by atoms with Gasteiger partial charge in [-0.2, -0.15) is 0 Å². The molecule has 0 N–H and O–H groups in total. The molecule has 0 aromatic carbocycles. The lowest BCUT2D eigenvalue weighted by molar-refractivity contribution is -0.131. The second kappa shape index (κ2) is 5.75. The van der Waals surface area contributed by atoms with E-state index in [-0.39, 0.29) is 5.91 Å². The van der Waals surface area contributed by atoms with Crippen LogP contribution in [0.3, 0.4) is 0 Å². The third kappa shape index (κ3) is 2.75. The van der Waals surface area contributed by atoms with Gasteiger partial charge in [0.05, 0.1) is 6.42 Å². The van der Waals surface area contributed by atoms with Gasteiger partial charge in [0.25, 0.3) is 0 Å². The van der Waals surface area contributed by atoms with Crippen LogP contribution < -0.4 is 0 Å². The van der Waals surface area contributed by atoms with Gasteiger partial charge in [-0.3, -0.25) is 4.79 Å². The Kier molecular flexibility index (Phi) is 3.82. The van der Waals surface area contributed by atoms with E-state index in [0.29, 0.717) is 12.3 Å². The lowest BCUT2D eigenvalue weighted by Gasteiger charge is -2.31. The Morgan fingerprint density at radius 2 is 2.25 bits per heavy atom. The monoisotopic (exact) mass is 290 g/mol. The molecule has 1 saturated heterocycles. The smallest absolute Gasteiger partial charge is 0.227 e. The number of nitrogens with zero attached hydrogens (tertiary/aromatic N) is 4. The summed E-state index contributed by atoms with van der Waals surface area (Å²) in [5, 5.41) is 10.1.